The van der Waals surface area contributed by atoms with E-state index >= 15 is 0 Å². The Morgan fingerprint density at radius 2 is 1.77 bits per heavy atom. The molecule has 0 aliphatic carbocycles. The molecule has 0 aromatic heterocycles. The van der Waals surface area contributed by atoms with Crippen LogP contribution < -0.4 is 15.5 Å². The molecule has 2 rings (SSSR count). The zero-order chi connectivity index (χ0) is 16.1. The first kappa shape index (κ1) is 16.8. The number of aliphatic hydroxyl groups is 1. The molecule has 4 N–H and O–H groups in total. The highest BCUT2D eigenvalue weighted by atomic mass is 16.5. The third-order valence-corrected chi connectivity index (χ3v) is 3.39. The standard InChI is InChI=1S/C16H22BNO4/c1-11(2)18-9-12(19)10-22-16-8-7-15(17(20)21)13-5-3-4-6-14(13)16/h3-8,11-12,18-21H,9-10H2,1-2H3/t12-/m1/s1. The second-order valence-corrected chi connectivity index (χ2v) is 5.60. The molecule has 0 fully saturated rings. The fourth-order valence-corrected chi connectivity index (χ4v) is 2.26. The Morgan fingerprint density at radius 1 is 1.09 bits per heavy atom. The van der Waals surface area contributed by atoms with Gasteiger partial charge in [0, 0.05) is 18.0 Å². The highest BCUT2D eigenvalue weighted by Gasteiger charge is 2.17. The van der Waals surface area contributed by atoms with Gasteiger partial charge in [0.2, 0.25) is 0 Å². The van der Waals surface area contributed by atoms with Gasteiger partial charge < -0.3 is 25.2 Å². The number of fused-ring (bicyclic) bond motifs is 1. The van der Waals surface area contributed by atoms with Crippen LogP contribution in [-0.2, 0) is 0 Å². The minimum absolute atomic E-state index is 0.171. The number of nitrogens with one attached hydrogen (secondary N) is 1. The molecule has 0 radical (unpaired) electrons. The van der Waals surface area contributed by atoms with Gasteiger partial charge in [0.1, 0.15) is 18.5 Å². The molecular weight excluding hydrogens is 281 g/mol. The first-order chi connectivity index (χ1) is 10.5. The first-order valence-corrected chi connectivity index (χ1v) is 7.41. The Balaban J connectivity index is 2.14. The van der Waals surface area contributed by atoms with Gasteiger partial charge in [-0.15, -0.1) is 0 Å². The van der Waals surface area contributed by atoms with Gasteiger partial charge in [-0.3, -0.25) is 0 Å². The molecule has 22 heavy (non-hydrogen) atoms. The number of ether oxygens (including phenoxy) is 1. The van der Waals surface area contributed by atoms with Crippen LogP contribution in [-0.4, -0.2) is 47.6 Å². The molecule has 0 heterocycles. The topological polar surface area (TPSA) is 82.0 Å². The summed E-state index contributed by atoms with van der Waals surface area (Å²) >= 11 is 0. The molecule has 2 aromatic carbocycles. The molecule has 0 unspecified atom stereocenters. The van der Waals surface area contributed by atoms with Gasteiger partial charge in [0.05, 0.1) is 0 Å². The van der Waals surface area contributed by atoms with Gasteiger partial charge in [-0.1, -0.05) is 44.2 Å². The minimum atomic E-state index is -1.53. The zero-order valence-electron chi connectivity index (χ0n) is 12.9. The Hall–Kier alpha value is -1.60. The highest BCUT2D eigenvalue weighted by molar-refractivity contribution is 6.62. The van der Waals surface area contributed by atoms with Crippen LogP contribution in [0.4, 0.5) is 0 Å². The quantitative estimate of drug-likeness (QED) is 0.552. The summed E-state index contributed by atoms with van der Waals surface area (Å²) in [6.45, 7) is 4.66. The van der Waals surface area contributed by atoms with E-state index in [1.54, 1.807) is 12.1 Å². The van der Waals surface area contributed by atoms with E-state index in [-0.39, 0.29) is 6.61 Å². The van der Waals surface area contributed by atoms with E-state index in [4.69, 9.17) is 4.74 Å². The van der Waals surface area contributed by atoms with Crippen LogP contribution in [0.5, 0.6) is 5.75 Å². The molecule has 2 aromatic rings. The van der Waals surface area contributed by atoms with Gasteiger partial charge in [0.15, 0.2) is 0 Å². The Morgan fingerprint density at radius 3 is 2.41 bits per heavy atom. The average molecular weight is 303 g/mol. The van der Waals surface area contributed by atoms with Gasteiger partial charge in [-0.2, -0.15) is 0 Å². The Bertz CT molecular complexity index is 618. The first-order valence-electron chi connectivity index (χ1n) is 7.41. The monoisotopic (exact) mass is 303 g/mol. The summed E-state index contributed by atoms with van der Waals surface area (Å²) in [5.74, 6) is 0.614. The van der Waals surface area contributed by atoms with Crippen molar-refractivity contribution >= 4 is 23.4 Å². The lowest BCUT2D eigenvalue weighted by Gasteiger charge is -2.16. The number of rotatable bonds is 7. The maximum absolute atomic E-state index is 9.91. The molecule has 1 atom stereocenters. The fourth-order valence-electron chi connectivity index (χ4n) is 2.26. The van der Waals surface area contributed by atoms with Crippen LogP contribution in [0.3, 0.4) is 0 Å². The van der Waals surface area contributed by atoms with Crippen molar-refractivity contribution in [2.24, 2.45) is 0 Å². The van der Waals surface area contributed by atoms with Crippen LogP contribution in [0.1, 0.15) is 13.8 Å². The molecule has 0 bridgehead atoms. The van der Waals surface area contributed by atoms with Gasteiger partial charge in [-0.05, 0) is 16.9 Å². The van der Waals surface area contributed by atoms with Crippen LogP contribution in [0, 0.1) is 0 Å². The van der Waals surface area contributed by atoms with Crippen molar-refractivity contribution in [3.05, 3.63) is 36.4 Å². The molecule has 0 saturated carbocycles. The van der Waals surface area contributed by atoms with Crippen LogP contribution in [0.2, 0.25) is 0 Å². The minimum Gasteiger partial charge on any atom is -0.490 e. The summed E-state index contributed by atoms with van der Waals surface area (Å²) < 4.78 is 5.69. The number of benzene rings is 2. The molecule has 118 valence electrons. The van der Waals surface area contributed by atoms with Crippen molar-refractivity contribution in [3.63, 3.8) is 0 Å². The second-order valence-electron chi connectivity index (χ2n) is 5.60. The van der Waals surface area contributed by atoms with Crippen LogP contribution >= 0.6 is 0 Å². The second kappa shape index (κ2) is 7.60. The summed E-state index contributed by atoms with van der Waals surface area (Å²) in [7, 11) is -1.53. The number of aliphatic hydroxyl groups excluding tert-OH is 1. The van der Waals surface area contributed by atoms with E-state index in [1.807, 2.05) is 38.1 Å². The zero-order valence-corrected chi connectivity index (χ0v) is 12.9. The largest absolute Gasteiger partial charge is 0.490 e. The lowest BCUT2D eigenvalue weighted by molar-refractivity contribution is 0.105. The van der Waals surface area contributed by atoms with Crippen molar-refractivity contribution in [3.8, 4) is 5.75 Å². The summed E-state index contributed by atoms with van der Waals surface area (Å²) in [6.07, 6.45) is -0.607. The Kier molecular flexibility index (Phi) is 5.79. The molecule has 0 saturated heterocycles. The molecule has 6 heteroatoms. The predicted molar refractivity (Wildman–Crippen MR) is 88.4 cm³/mol. The van der Waals surface area contributed by atoms with E-state index in [0.29, 0.717) is 23.8 Å². The lowest BCUT2D eigenvalue weighted by Crippen LogP contribution is -2.35. The van der Waals surface area contributed by atoms with E-state index in [2.05, 4.69) is 5.32 Å². The van der Waals surface area contributed by atoms with Crippen molar-refractivity contribution in [1.82, 2.24) is 5.32 Å². The fraction of sp³-hybridized carbons (Fsp3) is 0.375. The highest BCUT2D eigenvalue weighted by Crippen LogP contribution is 2.24. The van der Waals surface area contributed by atoms with E-state index in [9.17, 15) is 15.2 Å². The molecule has 0 spiro atoms. The lowest BCUT2D eigenvalue weighted by atomic mass is 9.77. The van der Waals surface area contributed by atoms with Crippen molar-refractivity contribution in [2.45, 2.75) is 26.0 Å². The van der Waals surface area contributed by atoms with E-state index in [1.165, 1.54) is 0 Å². The van der Waals surface area contributed by atoms with Gasteiger partial charge >= 0.3 is 7.12 Å². The summed E-state index contributed by atoms with van der Waals surface area (Å²) in [5.41, 5.74) is 0.435. The maximum atomic E-state index is 9.91. The number of hydrogen-bond donors (Lipinski definition) is 4. The van der Waals surface area contributed by atoms with Gasteiger partial charge in [0.25, 0.3) is 0 Å². The number of hydrogen-bond acceptors (Lipinski definition) is 5. The van der Waals surface area contributed by atoms with E-state index in [0.717, 1.165) is 10.8 Å². The van der Waals surface area contributed by atoms with Crippen LogP contribution in [0.25, 0.3) is 10.8 Å². The summed E-state index contributed by atoms with van der Waals surface area (Å²) in [5, 5.41) is 33.4. The maximum Gasteiger partial charge on any atom is 0.489 e. The third-order valence-electron chi connectivity index (χ3n) is 3.39. The average Bonchev–Trinajstić information content (AvgIpc) is 2.50. The molecule has 0 amide bonds. The van der Waals surface area contributed by atoms with E-state index < -0.39 is 13.2 Å². The Labute approximate surface area is 130 Å². The predicted octanol–water partition coefficient (Wildman–Crippen LogP) is 0.257. The van der Waals surface area contributed by atoms with Gasteiger partial charge in [-0.25, -0.2) is 0 Å². The SMILES string of the molecule is CC(C)NC[C@@H](O)COc1ccc(B(O)O)c2ccccc12. The normalized spacial score (nSPS) is 12.6. The van der Waals surface area contributed by atoms with Crippen molar-refractivity contribution in [1.29, 1.82) is 0 Å². The van der Waals surface area contributed by atoms with Crippen LogP contribution in [0.15, 0.2) is 36.4 Å². The molecule has 0 aliphatic heterocycles. The van der Waals surface area contributed by atoms with Crippen molar-refractivity contribution < 1.29 is 19.9 Å². The smallest absolute Gasteiger partial charge is 0.489 e. The third kappa shape index (κ3) is 4.21. The summed E-state index contributed by atoms with van der Waals surface area (Å²) in [4.78, 5) is 0. The summed E-state index contributed by atoms with van der Waals surface area (Å²) in [6, 6.07) is 11.0. The van der Waals surface area contributed by atoms with Crippen molar-refractivity contribution in [2.75, 3.05) is 13.2 Å². The molecule has 0 aliphatic rings. The molecular formula is C16H22BNO4. The molecule has 5 nitrogen and oxygen atoms in total.